The minimum atomic E-state index is -5.22. The summed E-state index contributed by atoms with van der Waals surface area (Å²) >= 11 is 6.07. The summed E-state index contributed by atoms with van der Waals surface area (Å²) in [7, 11) is 1.52. The standard InChI is InChI=1S/C28H26ClF4NO4/c1-37-22-6-3-7-23(15-22)38-24-10-8-19-14-20(27(36,17-30)28(31,32)33)9-11-25(19)34(16-24)26(35)13-18-4-2-5-21(29)12-18/h2-7,9,11-12,14-15,24,36H,8,10,13,16-17H2,1H3/t24-,27?/m0/s1. The molecule has 0 fully saturated rings. The number of rotatable bonds is 7. The number of fused-ring (bicyclic) bond motifs is 1. The van der Waals surface area contributed by atoms with Gasteiger partial charge in [0.1, 0.15) is 24.3 Å². The Morgan fingerprint density at radius 1 is 1.08 bits per heavy atom. The normalized spacial score (nSPS) is 17.2. The minimum absolute atomic E-state index is 0.00933. The molecular weight excluding hydrogens is 526 g/mol. The van der Waals surface area contributed by atoms with Crippen molar-refractivity contribution in [1.29, 1.82) is 0 Å². The molecule has 1 heterocycles. The van der Waals surface area contributed by atoms with Crippen molar-refractivity contribution in [3.8, 4) is 11.5 Å². The number of alkyl halides is 4. The average Bonchev–Trinajstić information content (AvgIpc) is 3.07. The summed E-state index contributed by atoms with van der Waals surface area (Å²) in [6.07, 6.45) is -5.15. The van der Waals surface area contributed by atoms with Crippen LogP contribution in [-0.2, 0) is 23.2 Å². The molecule has 0 aromatic heterocycles. The van der Waals surface area contributed by atoms with E-state index in [1.54, 1.807) is 48.5 Å². The lowest BCUT2D eigenvalue weighted by Crippen LogP contribution is -2.44. The molecule has 0 saturated carbocycles. The number of hydrogen-bond donors (Lipinski definition) is 1. The third-order valence-corrected chi connectivity index (χ3v) is 6.76. The fraction of sp³-hybridized carbons (Fsp3) is 0.321. The van der Waals surface area contributed by atoms with Gasteiger partial charge in [-0.25, -0.2) is 4.39 Å². The van der Waals surface area contributed by atoms with E-state index in [0.717, 1.165) is 12.1 Å². The fourth-order valence-electron chi connectivity index (χ4n) is 4.45. The van der Waals surface area contributed by atoms with E-state index >= 15 is 0 Å². The molecule has 1 unspecified atom stereocenters. The average molecular weight is 552 g/mol. The lowest BCUT2D eigenvalue weighted by atomic mass is 9.91. The quantitative estimate of drug-likeness (QED) is 0.364. The van der Waals surface area contributed by atoms with Gasteiger partial charge >= 0.3 is 6.18 Å². The summed E-state index contributed by atoms with van der Waals surface area (Å²) < 4.78 is 65.5. The van der Waals surface area contributed by atoms with E-state index in [-0.39, 0.29) is 25.3 Å². The highest BCUT2D eigenvalue weighted by Crippen LogP contribution is 2.41. The van der Waals surface area contributed by atoms with E-state index in [1.165, 1.54) is 18.1 Å². The van der Waals surface area contributed by atoms with E-state index in [2.05, 4.69) is 0 Å². The molecule has 0 radical (unpaired) electrons. The highest BCUT2D eigenvalue weighted by Gasteiger charge is 2.55. The Balaban J connectivity index is 1.70. The summed E-state index contributed by atoms with van der Waals surface area (Å²) in [4.78, 5) is 15.0. The molecule has 3 aromatic rings. The van der Waals surface area contributed by atoms with E-state index < -0.39 is 30.1 Å². The predicted octanol–water partition coefficient (Wildman–Crippen LogP) is 6.04. The van der Waals surface area contributed by atoms with Gasteiger partial charge < -0.3 is 19.5 Å². The third-order valence-electron chi connectivity index (χ3n) is 6.52. The number of carbonyl (C=O) groups excluding carboxylic acids is 1. The lowest BCUT2D eigenvalue weighted by Gasteiger charge is -2.30. The summed E-state index contributed by atoms with van der Waals surface area (Å²) in [6.45, 7) is -1.91. The number of methoxy groups -OCH3 is 1. The first-order valence-electron chi connectivity index (χ1n) is 11.9. The number of ether oxygens (including phenoxy) is 2. The van der Waals surface area contributed by atoms with Crippen molar-refractivity contribution < 1.29 is 36.9 Å². The minimum Gasteiger partial charge on any atom is -0.497 e. The van der Waals surface area contributed by atoms with Gasteiger partial charge in [-0.05, 0) is 59.9 Å². The highest BCUT2D eigenvalue weighted by molar-refractivity contribution is 6.30. The second-order valence-corrected chi connectivity index (χ2v) is 9.54. The number of benzene rings is 3. The third kappa shape index (κ3) is 5.89. The smallest absolute Gasteiger partial charge is 0.424 e. The van der Waals surface area contributed by atoms with Crippen molar-refractivity contribution in [2.45, 2.75) is 37.1 Å². The molecule has 0 spiro atoms. The monoisotopic (exact) mass is 551 g/mol. The van der Waals surface area contributed by atoms with Crippen LogP contribution in [0.5, 0.6) is 11.5 Å². The molecule has 3 aromatic carbocycles. The molecule has 4 rings (SSSR count). The number of aryl methyl sites for hydroxylation is 1. The number of anilines is 1. The molecular formula is C28H26ClF4NO4. The van der Waals surface area contributed by atoms with Crippen LogP contribution < -0.4 is 14.4 Å². The van der Waals surface area contributed by atoms with Crippen LogP contribution in [0.25, 0.3) is 0 Å². The first-order chi connectivity index (χ1) is 18.0. The molecule has 0 bridgehead atoms. The maximum atomic E-state index is 13.6. The first-order valence-corrected chi connectivity index (χ1v) is 12.3. The molecule has 0 aliphatic carbocycles. The van der Waals surface area contributed by atoms with Crippen LogP contribution in [0, 0.1) is 0 Å². The Labute approximate surface area is 222 Å². The largest absolute Gasteiger partial charge is 0.497 e. The van der Waals surface area contributed by atoms with Crippen LogP contribution in [0.2, 0.25) is 5.02 Å². The van der Waals surface area contributed by atoms with Gasteiger partial charge in [-0.3, -0.25) is 4.79 Å². The van der Waals surface area contributed by atoms with Crippen LogP contribution in [0.3, 0.4) is 0 Å². The van der Waals surface area contributed by atoms with Crippen LogP contribution in [0.1, 0.15) is 23.1 Å². The summed E-state index contributed by atoms with van der Waals surface area (Å²) in [6, 6.07) is 17.2. The van der Waals surface area contributed by atoms with Crippen molar-refractivity contribution in [1.82, 2.24) is 0 Å². The van der Waals surface area contributed by atoms with Crippen LogP contribution in [0.4, 0.5) is 23.2 Å². The van der Waals surface area contributed by atoms with E-state index in [1.807, 2.05) is 0 Å². The molecule has 38 heavy (non-hydrogen) atoms. The van der Waals surface area contributed by atoms with Gasteiger partial charge in [-0.2, -0.15) is 13.2 Å². The van der Waals surface area contributed by atoms with Gasteiger partial charge in [0.25, 0.3) is 0 Å². The van der Waals surface area contributed by atoms with Gasteiger partial charge in [0.15, 0.2) is 0 Å². The number of nitrogens with zero attached hydrogens (tertiary/aromatic N) is 1. The highest BCUT2D eigenvalue weighted by atomic mass is 35.5. The number of aliphatic hydroxyl groups is 1. The van der Waals surface area contributed by atoms with Gasteiger partial charge in [0.2, 0.25) is 11.5 Å². The maximum absolute atomic E-state index is 13.6. The molecule has 1 amide bonds. The number of halogens is 5. The zero-order chi connectivity index (χ0) is 27.5. The van der Waals surface area contributed by atoms with Crippen LogP contribution in [0.15, 0.2) is 66.7 Å². The Morgan fingerprint density at radius 3 is 2.50 bits per heavy atom. The van der Waals surface area contributed by atoms with Gasteiger partial charge in [0.05, 0.1) is 20.1 Å². The second kappa shape index (κ2) is 11.2. The van der Waals surface area contributed by atoms with Crippen LogP contribution in [-0.4, -0.2) is 43.6 Å². The molecule has 10 heteroatoms. The molecule has 5 nitrogen and oxygen atoms in total. The van der Waals surface area contributed by atoms with Crippen molar-refractivity contribution in [3.05, 3.63) is 88.4 Å². The fourth-order valence-corrected chi connectivity index (χ4v) is 4.66. The summed E-state index contributed by atoms with van der Waals surface area (Å²) in [5.74, 6) is 0.765. The SMILES string of the molecule is COc1cccc(O[C@H]2CCc3cc(C(O)(CF)C(F)(F)F)ccc3N(C(=O)Cc3cccc(Cl)c3)C2)c1. The Hall–Kier alpha value is -3.30. The second-order valence-electron chi connectivity index (χ2n) is 9.10. The van der Waals surface area contributed by atoms with Crippen molar-refractivity contribution in [2.75, 3.05) is 25.2 Å². The van der Waals surface area contributed by atoms with E-state index in [9.17, 15) is 27.5 Å². The van der Waals surface area contributed by atoms with E-state index in [4.69, 9.17) is 21.1 Å². The van der Waals surface area contributed by atoms with Crippen molar-refractivity contribution >= 4 is 23.2 Å². The molecule has 2 atom stereocenters. The zero-order valence-corrected chi connectivity index (χ0v) is 21.2. The molecule has 1 N–H and O–H groups in total. The Kier molecular flexibility index (Phi) is 8.18. The molecule has 202 valence electrons. The Bertz CT molecular complexity index is 1300. The number of amides is 1. The van der Waals surface area contributed by atoms with E-state index in [0.29, 0.717) is 39.8 Å². The van der Waals surface area contributed by atoms with Gasteiger partial charge in [0, 0.05) is 16.8 Å². The summed E-state index contributed by atoms with van der Waals surface area (Å²) in [5, 5.41) is 10.6. The Morgan fingerprint density at radius 2 is 1.82 bits per heavy atom. The molecule has 1 aliphatic heterocycles. The number of hydrogen-bond acceptors (Lipinski definition) is 4. The molecule has 0 saturated heterocycles. The van der Waals surface area contributed by atoms with Gasteiger partial charge in [-0.15, -0.1) is 0 Å². The lowest BCUT2D eigenvalue weighted by molar-refractivity contribution is -0.271. The molecule has 1 aliphatic rings. The predicted molar refractivity (Wildman–Crippen MR) is 136 cm³/mol. The summed E-state index contributed by atoms with van der Waals surface area (Å²) in [5.41, 5.74) is -2.86. The van der Waals surface area contributed by atoms with Crippen LogP contribution >= 0.6 is 11.6 Å². The number of carbonyl (C=O) groups is 1. The van der Waals surface area contributed by atoms with Crippen molar-refractivity contribution in [3.63, 3.8) is 0 Å². The van der Waals surface area contributed by atoms with Crippen molar-refractivity contribution in [2.24, 2.45) is 0 Å². The maximum Gasteiger partial charge on any atom is 0.424 e. The first kappa shape index (κ1) is 27.7. The topological polar surface area (TPSA) is 59.0 Å². The van der Waals surface area contributed by atoms with Gasteiger partial charge in [-0.1, -0.05) is 41.9 Å². The zero-order valence-electron chi connectivity index (χ0n) is 20.5.